The average Bonchev–Trinajstić information content (AvgIpc) is 2.85. The first-order valence-corrected chi connectivity index (χ1v) is 6.99. The first-order valence-electron chi connectivity index (χ1n) is 6.99. The maximum absolute atomic E-state index is 6.03. The highest BCUT2D eigenvalue weighted by Gasteiger charge is 2.52. The summed E-state index contributed by atoms with van der Waals surface area (Å²) in [5.74, 6) is 0.468. The van der Waals surface area contributed by atoms with Gasteiger partial charge in [0.2, 0.25) is 5.65 Å². The lowest BCUT2D eigenvalue weighted by atomic mass is 9.85. The molecule has 1 aliphatic heterocycles. The van der Waals surface area contributed by atoms with Crippen molar-refractivity contribution in [3.05, 3.63) is 18.1 Å². The maximum Gasteiger partial charge on any atom is 0.516 e. The van der Waals surface area contributed by atoms with Crippen molar-refractivity contribution in [2.45, 2.75) is 45.8 Å². The van der Waals surface area contributed by atoms with Crippen LogP contribution in [0.3, 0.4) is 0 Å². The molecular formula is C14H20BN3O3. The van der Waals surface area contributed by atoms with Gasteiger partial charge < -0.3 is 18.4 Å². The molecule has 1 fully saturated rings. The molecular weight excluding hydrogens is 269 g/mol. The second-order valence-corrected chi connectivity index (χ2v) is 6.38. The van der Waals surface area contributed by atoms with Crippen molar-refractivity contribution in [3.8, 4) is 5.88 Å². The molecule has 0 aromatic carbocycles. The number of imidazole rings is 1. The summed E-state index contributed by atoms with van der Waals surface area (Å²) in [5, 5.41) is 0. The Balaban J connectivity index is 2.06. The Kier molecular flexibility index (Phi) is 3.04. The highest BCUT2D eigenvalue weighted by molar-refractivity contribution is 6.61. The fourth-order valence-corrected chi connectivity index (χ4v) is 2.33. The molecule has 112 valence electrons. The number of rotatable bonds is 2. The van der Waals surface area contributed by atoms with E-state index in [0.717, 1.165) is 5.69 Å². The zero-order chi connectivity index (χ0) is 15.4. The van der Waals surface area contributed by atoms with Gasteiger partial charge in [0.15, 0.2) is 0 Å². The second-order valence-electron chi connectivity index (χ2n) is 6.38. The molecule has 0 N–H and O–H groups in total. The number of hydrogen-bond donors (Lipinski definition) is 0. The van der Waals surface area contributed by atoms with Crippen LogP contribution < -0.4 is 10.3 Å². The van der Waals surface area contributed by atoms with Crippen LogP contribution in [0.1, 0.15) is 33.4 Å². The van der Waals surface area contributed by atoms with Gasteiger partial charge in [0, 0.05) is 12.4 Å². The Morgan fingerprint density at radius 3 is 2.29 bits per heavy atom. The minimum Gasteiger partial charge on any atom is -0.478 e. The molecule has 0 atom stereocenters. The minimum absolute atomic E-state index is 0.396. The zero-order valence-corrected chi connectivity index (χ0v) is 13.3. The van der Waals surface area contributed by atoms with E-state index < -0.39 is 18.3 Å². The number of methoxy groups -OCH3 is 1. The van der Waals surface area contributed by atoms with Crippen LogP contribution in [0.2, 0.25) is 0 Å². The lowest BCUT2D eigenvalue weighted by molar-refractivity contribution is 0.00578. The van der Waals surface area contributed by atoms with E-state index in [-0.39, 0.29) is 0 Å². The summed E-state index contributed by atoms with van der Waals surface area (Å²) in [5.41, 5.74) is 1.48. The first kappa shape index (κ1) is 14.3. The van der Waals surface area contributed by atoms with Crippen LogP contribution in [0.4, 0.5) is 0 Å². The number of aryl methyl sites for hydroxylation is 1. The third kappa shape index (κ3) is 2.20. The Labute approximate surface area is 124 Å². The molecule has 1 aliphatic rings. The van der Waals surface area contributed by atoms with Gasteiger partial charge in [0.1, 0.15) is 0 Å². The zero-order valence-electron chi connectivity index (χ0n) is 13.3. The third-order valence-electron chi connectivity index (χ3n) is 4.23. The van der Waals surface area contributed by atoms with Gasteiger partial charge in [-0.05, 0) is 34.6 Å². The fraction of sp³-hybridized carbons (Fsp3) is 0.571. The monoisotopic (exact) mass is 289 g/mol. The normalized spacial score (nSPS) is 20.2. The maximum atomic E-state index is 6.03. The molecule has 0 saturated carbocycles. The van der Waals surface area contributed by atoms with E-state index >= 15 is 0 Å². The Morgan fingerprint density at radius 1 is 1.10 bits per heavy atom. The highest BCUT2D eigenvalue weighted by atomic mass is 16.7. The lowest BCUT2D eigenvalue weighted by Crippen LogP contribution is -2.41. The molecule has 3 heterocycles. The summed E-state index contributed by atoms with van der Waals surface area (Å²) in [6, 6.07) is 0. The fourth-order valence-electron chi connectivity index (χ4n) is 2.33. The van der Waals surface area contributed by atoms with Crippen molar-refractivity contribution in [2.75, 3.05) is 7.11 Å². The molecule has 0 radical (unpaired) electrons. The number of hydrogen-bond acceptors (Lipinski definition) is 5. The van der Waals surface area contributed by atoms with Gasteiger partial charge in [-0.2, -0.15) is 0 Å². The van der Waals surface area contributed by atoms with Crippen molar-refractivity contribution in [1.29, 1.82) is 0 Å². The molecule has 6 nitrogen and oxygen atoms in total. The average molecular weight is 289 g/mol. The van der Waals surface area contributed by atoms with Crippen LogP contribution in [-0.2, 0) is 9.31 Å². The number of aromatic nitrogens is 3. The predicted molar refractivity (Wildman–Crippen MR) is 80.0 cm³/mol. The third-order valence-corrected chi connectivity index (χ3v) is 4.23. The van der Waals surface area contributed by atoms with Crippen LogP contribution in [0.15, 0.2) is 12.4 Å². The standard InChI is InChI=1S/C14H20BN3O3/c1-9-7-18-8-10(17-12(19-6)11(18)16-9)15-20-13(2,3)14(4,5)21-15/h7-8H,1-6H3. The lowest BCUT2D eigenvalue weighted by Gasteiger charge is -2.32. The number of fused-ring (bicyclic) bond motifs is 1. The molecule has 3 rings (SSSR count). The van der Waals surface area contributed by atoms with E-state index in [1.165, 1.54) is 0 Å². The van der Waals surface area contributed by atoms with Gasteiger partial charge in [0.05, 0.1) is 29.6 Å². The summed E-state index contributed by atoms with van der Waals surface area (Å²) in [4.78, 5) is 8.89. The van der Waals surface area contributed by atoms with Gasteiger partial charge in [0.25, 0.3) is 5.88 Å². The number of ether oxygens (including phenoxy) is 1. The van der Waals surface area contributed by atoms with Crippen LogP contribution in [0.5, 0.6) is 5.88 Å². The molecule has 0 bridgehead atoms. The second kappa shape index (κ2) is 4.45. The summed E-state index contributed by atoms with van der Waals surface area (Å²) >= 11 is 0. The molecule has 0 unspecified atom stereocenters. The van der Waals surface area contributed by atoms with E-state index in [9.17, 15) is 0 Å². The van der Waals surface area contributed by atoms with Gasteiger partial charge in [-0.25, -0.2) is 9.97 Å². The van der Waals surface area contributed by atoms with Crippen LogP contribution in [-0.4, -0.2) is 39.8 Å². The largest absolute Gasteiger partial charge is 0.516 e. The smallest absolute Gasteiger partial charge is 0.478 e. The molecule has 0 aliphatic carbocycles. The van der Waals surface area contributed by atoms with Gasteiger partial charge in [-0.15, -0.1) is 0 Å². The van der Waals surface area contributed by atoms with Crippen LogP contribution in [0, 0.1) is 6.92 Å². The van der Waals surface area contributed by atoms with Gasteiger partial charge in [-0.1, -0.05) is 0 Å². The van der Waals surface area contributed by atoms with Crippen molar-refractivity contribution >= 4 is 18.4 Å². The minimum atomic E-state index is -0.518. The van der Waals surface area contributed by atoms with Crippen LogP contribution >= 0.6 is 0 Å². The van der Waals surface area contributed by atoms with Crippen molar-refractivity contribution in [2.24, 2.45) is 0 Å². The molecule has 2 aromatic rings. The van der Waals surface area contributed by atoms with E-state index in [1.807, 2.05) is 51.4 Å². The summed E-state index contributed by atoms with van der Waals surface area (Å²) in [6.45, 7) is 10.0. The van der Waals surface area contributed by atoms with E-state index in [0.29, 0.717) is 17.1 Å². The SMILES string of the molecule is COc1nc(B2OC(C)(C)C(C)(C)O2)cn2cc(C)nc12. The first-order chi connectivity index (χ1) is 9.73. The molecule has 0 spiro atoms. The molecule has 2 aromatic heterocycles. The van der Waals surface area contributed by atoms with Crippen LogP contribution in [0.25, 0.3) is 5.65 Å². The quantitative estimate of drug-likeness (QED) is 0.781. The van der Waals surface area contributed by atoms with Gasteiger partial charge >= 0.3 is 7.12 Å². The van der Waals surface area contributed by atoms with Crippen molar-refractivity contribution < 1.29 is 14.0 Å². The van der Waals surface area contributed by atoms with Crippen molar-refractivity contribution in [3.63, 3.8) is 0 Å². The summed E-state index contributed by atoms with van der Waals surface area (Å²) in [6.07, 6.45) is 3.80. The Bertz CT molecular complexity index is 680. The van der Waals surface area contributed by atoms with Crippen molar-refractivity contribution in [1.82, 2.24) is 14.4 Å². The molecule has 1 saturated heterocycles. The number of nitrogens with zero attached hydrogens (tertiary/aromatic N) is 3. The summed E-state index contributed by atoms with van der Waals surface area (Å²) < 4.78 is 19.3. The highest BCUT2D eigenvalue weighted by Crippen LogP contribution is 2.36. The Hall–Kier alpha value is -1.60. The molecule has 0 amide bonds. The molecule has 21 heavy (non-hydrogen) atoms. The van der Waals surface area contributed by atoms with E-state index in [4.69, 9.17) is 14.0 Å². The molecule has 7 heteroatoms. The van der Waals surface area contributed by atoms with E-state index in [2.05, 4.69) is 9.97 Å². The van der Waals surface area contributed by atoms with E-state index in [1.54, 1.807) is 7.11 Å². The van der Waals surface area contributed by atoms with Gasteiger partial charge in [-0.3, -0.25) is 0 Å². The summed E-state index contributed by atoms with van der Waals surface area (Å²) in [7, 11) is 1.07. The predicted octanol–water partition coefficient (Wildman–Crippen LogP) is 1.35. The topological polar surface area (TPSA) is 57.9 Å². The Morgan fingerprint density at radius 2 is 1.71 bits per heavy atom.